The topological polar surface area (TPSA) is 50.5 Å². The molecule has 0 radical (unpaired) electrons. The maximum absolute atomic E-state index is 13.9. The van der Waals surface area contributed by atoms with E-state index in [0.717, 1.165) is 16.0 Å². The van der Waals surface area contributed by atoms with Gasteiger partial charge in [-0.15, -0.1) is 11.8 Å². The van der Waals surface area contributed by atoms with Crippen molar-refractivity contribution >= 4 is 28.6 Å². The van der Waals surface area contributed by atoms with Gasteiger partial charge in [-0.25, -0.2) is 4.39 Å². The standard InChI is InChI=1S/C25H18FNO3S/c1-31-18-10-7-16(8-11-18)22-21-23(28)19-13-17(26)9-12-20(19)30-24(21)25(29)27(22)14-15-5-3-2-4-6-15/h2-13,22H,14H2,1H3. The summed E-state index contributed by atoms with van der Waals surface area (Å²) >= 11 is 1.61. The molecular formula is C25H18FNO3S. The summed E-state index contributed by atoms with van der Waals surface area (Å²) in [7, 11) is 0. The van der Waals surface area contributed by atoms with Crippen LogP contribution >= 0.6 is 11.8 Å². The molecule has 1 aromatic heterocycles. The van der Waals surface area contributed by atoms with E-state index in [2.05, 4.69) is 0 Å². The minimum atomic E-state index is -0.609. The lowest BCUT2D eigenvalue weighted by Gasteiger charge is -2.25. The average Bonchev–Trinajstić information content (AvgIpc) is 3.07. The molecular weight excluding hydrogens is 413 g/mol. The van der Waals surface area contributed by atoms with Gasteiger partial charge in [-0.3, -0.25) is 9.59 Å². The van der Waals surface area contributed by atoms with Gasteiger partial charge in [0, 0.05) is 11.4 Å². The number of benzene rings is 3. The van der Waals surface area contributed by atoms with E-state index in [1.54, 1.807) is 16.7 Å². The summed E-state index contributed by atoms with van der Waals surface area (Å²) in [4.78, 5) is 29.5. The number of hydrogen-bond acceptors (Lipinski definition) is 4. The van der Waals surface area contributed by atoms with Crippen molar-refractivity contribution in [3.8, 4) is 0 Å². The third-order valence-corrected chi connectivity index (χ3v) is 6.30. The molecule has 154 valence electrons. The van der Waals surface area contributed by atoms with Crippen molar-refractivity contribution in [1.29, 1.82) is 0 Å². The maximum Gasteiger partial charge on any atom is 0.291 e. The van der Waals surface area contributed by atoms with Crippen molar-refractivity contribution in [2.45, 2.75) is 17.5 Å². The van der Waals surface area contributed by atoms with Crippen molar-refractivity contribution in [1.82, 2.24) is 4.90 Å². The second-order valence-electron chi connectivity index (χ2n) is 7.41. The van der Waals surface area contributed by atoms with Gasteiger partial charge in [-0.05, 0) is 47.7 Å². The average molecular weight is 431 g/mol. The van der Waals surface area contributed by atoms with E-state index in [4.69, 9.17) is 4.42 Å². The largest absolute Gasteiger partial charge is 0.450 e. The Morgan fingerprint density at radius 2 is 1.74 bits per heavy atom. The third kappa shape index (κ3) is 3.33. The number of fused-ring (bicyclic) bond motifs is 2. The molecule has 0 saturated heterocycles. The Balaban J connectivity index is 1.72. The van der Waals surface area contributed by atoms with Gasteiger partial charge in [-0.1, -0.05) is 42.5 Å². The zero-order valence-corrected chi connectivity index (χ0v) is 17.5. The summed E-state index contributed by atoms with van der Waals surface area (Å²) < 4.78 is 19.7. The van der Waals surface area contributed by atoms with Crippen LogP contribution in [0.5, 0.6) is 0 Å². The first-order valence-electron chi connectivity index (χ1n) is 9.82. The summed E-state index contributed by atoms with van der Waals surface area (Å²) in [5.74, 6) is -0.841. The lowest BCUT2D eigenvalue weighted by molar-refractivity contribution is 0.0714. The molecule has 0 bridgehead atoms. The van der Waals surface area contributed by atoms with Gasteiger partial charge >= 0.3 is 0 Å². The van der Waals surface area contributed by atoms with Crippen LogP contribution in [0.3, 0.4) is 0 Å². The number of thioether (sulfide) groups is 1. The second kappa shape index (κ2) is 7.71. The van der Waals surface area contributed by atoms with Crippen LogP contribution < -0.4 is 5.43 Å². The van der Waals surface area contributed by atoms with Crippen LogP contribution in [0.25, 0.3) is 11.0 Å². The van der Waals surface area contributed by atoms with Gasteiger partial charge in [0.25, 0.3) is 5.91 Å². The minimum Gasteiger partial charge on any atom is -0.450 e. The second-order valence-corrected chi connectivity index (χ2v) is 8.29. The third-order valence-electron chi connectivity index (χ3n) is 5.56. The van der Waals surface area contributed by atoms with E-state index in [-0.39, 0.29) is 33.6 Å². The molecule has 31 heavy (non-hydrogen) atoms. The lowest BCUT2D eigenvalue weighted by atomic mass is 9.98. The molecule has 0 N–H and O–H groups in total. The quantitative estimate of drug-likeness (QED) is 0.406. The molecule has 1 amide bonds. The van der Waals surface area contributed by atoms with Crippen LogP contribution in [0.15, 0.2) is 86.9 Å². The summed E-state index contributed by atoms with van der Waals surface area (Å²) in [6.07, 6.45) is 1.99. The molecule has 4 nitrogen and oxygen atoms in total. The van der Waals surface area contributed by atoms with Crippen molar-refractivity contribution in [2.75, 3.05) is 6.26 Å². The molecule has 1 aliphatic rings. The lowest BCUT2D eigenvalue weighted by Crippen LogP contribution is -2.29. The summed E-state index contributed by atoms with van der Waals surface area (Å²) in [6, 6.07) is 20.5. The fourth-order valence-corrected chi connectivity index (χ4v) is 4.48. The Hall–Kier alpha value is -3.38. The maximum atomic E-state index is 13.9. The number of amides is 1. The smallest absolute Gasteiger partial charge is 0.291 e. The summed E-state index contributed by atoms with van der Waals surface area (Å²) in [5, 5.41) is 0.138. The highest BCUT2D eigenvalue weighted by Crippen LogP contribution is 2.39. The Labute approximate surface area is 182 Å². The van der Waals surface area contributed by atoms with Gasteiger partial charge < -0.3 is 9.32 Å². The SMILES string of the molecule is CSc1ccc(C2c3c(oc4ccc(F)cc4c3=O)C(=O)N2Cc2ccccc2)cc1. The number of carbonyl (C=O) groups is 1. The first kappa shape index (κ1) is 19.6. The van der Waals surface area contributed by atoms with Crippen LogP contribution in [0, 0.1) is 5.82 Å². The molecule has 2 heterocycles. The summed E-state index contributed by atoms with van der Waals surface area (Å²) in [6.45, 7) is 0.322. The van der Waals surface area contributed by atoms with Crippen molar-refractivity contribution in [3.05, 3.63) is 111 Å². The first-order chi connectivity index (χ1) is 15.1. The summed E-state index contributed by atoms with van der Waals surface area (Å²) in [5.41, 5.74) is 1.84. The first-order valence-corrected chi connectivity index (χ1v) is 11.0. The molecule has 0 fully saturated rings. The monoisotopic (exact) mass is 431 g/mol. The van der Waals surface area contributed by atoms with E-state index >= 15 is 0 Å². The van der Waals surface area contributed by atoms with Crippen LogP contribution in [-0.4, -0.2) is 17.1 Å². The van der Waals surface area contributed by atoms with Gasteiger partial charge in [0.15, 0.2) is 5.43 Å². The number of hydrogen-bond donors (Lipinski definition) is 0. The number of nitrogens with zero attached hydrogens (tertiary/aromatic N) is 1. The molecule has 6 heteroatoms. The zero-order chi connectivity index (χ0) is 21.5. The van der Waals surface area contributed by atoms with Crippen molar-refractivity contribution in [2.24, 2.45) is 0 Å². The minimum absolute atomic E-state index is 0.0268. The molecule has 0 aliphatic carbocycles. The Morgan fingerprint density at radius 3 is 2.45 bits per heavy atom. The number of halogens is 1. The fraction of sp³-hybridized carbons (Fsp3) is 0.120. The van der Waals surface area contributed by atoms with Gasteiger partial charge in [-0.2, -0.15) is 0 Å². The normalized spacial score (nSPS) is 15.5. The van der Waals surface area contributed by atoms with Crippen LogP contribution in [0.2, 0.25) is 0 Å². The van der Waals surface area contributed by atoms with Gasteiger partial charge in [0.2, 0.25) is 5.76 Å². The zero-order valence-electron chi connectivity index (χ0n) is 16.7. The predicted octanol–water partition coefficient (Wildman–Crippen LogP) is 5.40. The van der Waals surface area contributed by atoms with E-state index < -0.39 is 11.9 Å². The molecule has 0 saturated carbocycles. The molecule has 4 aromatic rings. The molecule has 1 atom stereocenters. The predicted molar refractivity (Wildman–Crippen MR) is 119 cm³/mol. The molecule has 3 aromatic carbocycles. The Kier molecular flexibility index (Phi) is 4.87. The Morgan fingerprint density at radius 1 is 1.00 bits per heavy atom. The Bertz CT molecular complexity index is 1350. The molecule has 1 aliphatic heterocycles. The molecule has 5 rings (SSSR count). The highest BCUT2D eigenvalue weighted by atomic mass is 32.2. The highest BCUT2D eigenvalue weighted by molar-refractivity contribution is 7.98. The molecule has 0 spiro atoms. The van der Waals surface area contributed by atoms with Gasteiger partial charge in [0.1, 0.15) is 11.4 Å². The van der Waals surface area contributed by atoms with Crippen molar-refractivity contribution in [3.63, 3.8) is 0 Å². The van der Waals surface area contributed by atoms with Crippen LogP contribution in [0.1, 0.15) is 33.3 Å². The van der Waals surface area contributed by atoms with Crippen LogP contribution in [0.4, 0.5) is 4.39 Å². The molecule has 1 unspecified atom stereocenters. The van der Waals surface area contributed by atoms with Crippen molar-refractivity contribution < 1.29 is 13.6 Å². The number of rotatable bonds is 4. The van der Waals surface area contributed by atoms with E-state index in [1.807, 2.05) is 60.9 Å². The number of carbonyl (C=O) groups excluding carboxylic acids is 1. The fourth-order valence-electron chi connectivity index (χ4n) is 4.07. The van der Waals surface area contributed by atoms with Gasteiger partial charge in [0.05, 0.1) is 17.0 Å². The van der Waals surface area contributed by atoms with E-state index in [0.29, 0.717) is 6.54 Å². The van der Waals surface area contributed by atoms with E-state index in [9.17, 15) is 14.0 Å². The highest BCUT2D eigenvalue weighted by Gasteiger charge is 2.42. The van der Waals surface area contributed by atoms with E-state index in [1.165, 1.54) is 18.2 Å². The van der Waals surface area contributed by atoms with Crippen LogP contribution in [-0.2, 0) is 6.54 Å².